The van der Waals surface area contributed by atoms with Gasteiger partial charge in [-0.25, -0.2) is 14.6 Å². The minimum absolute atomic E-state index is 0.0249. The van der Waals surface area contributed by atoms with Gasteiger partial charge in [-0.15, -0.1) is 0 Å². The van der Waals surface area contributed by atoms with Crippen LogP contribution in [0.15, 0.2) is 11.0 Å². The summed E-state index contributed by atoms with van der Waals surface area (Å²) in [5.74, 6) is 0.922. The molecule has 23 heavy (non-hydrogen) atoms. The fourth-order valence-corrected chi connectivity index (χ4v) is 2.04. The standard InChI is InChI=1S/C14H18F3N5O/c1-8(2)4-5-11-20-12(22(21-11)7-14(15,16)17)10-6-18-9(3)19-13(10)23/h6,8H,4-5,7H2,1-3H3,(H,18,19,23). The Morgan fingerprint density at radius 1 is 1.35 bits per heavy atom. The largest absolute Gasteiger partial charge is 0.408 e. The van der Waals surface area contributed by atoms with Gasteiger partial charge < -0.3 is 4.98 Å². The van der Waals surface area contributed by atoms with E-state index in [2.05, 4.69) is 20.1 Å². The van der Waals surface area contributed by atoms with Gasteiger partial charge in [-0.05, 0) is 19.3 Å². The van der Waals surface area contributed by atoms with E-state index in [1.165, 1.54) is 6.20 Å². The Bertz CT molecular complexity index is 733. The third-order valence-electron chi connectivity index (χ3n) is 3.16. The first-order valence-corrected chi connectivity index (χ1v) is 7.22. The van der Waals surface area contributed by atoms with Gasteiger partial charge in [-0.2, -0.15) is 18.3 Å². The predicted molar refractivity (Wildman–Crippen MR) is 77.8 cm³/mol. The molecule has 0 fully saturated rings. The number of hydrogen-bond donors (Lipinski definition) is 1. The quantitative estimate of drug-likeness (QED) is 0.914. The lowest BCUT2D eigenvalue weighted by Gasteiger charge is -2.08. The number of rotatable bonds is 5. The summed E-state index contributed by atoms with van der Waals surface area (Å²) in [5, 5.41) is 3.91. The smallest absolute Gasteiger partial charge is 0.310 e. The monoisotopic (exact) mass is 329 g/mol. The second-order valence-electron chi connectivity index (χ2n) is 5.77. The van der Waals surface area contributed by atoms with E-state index in [0.29, 0.717) is 18.2 Å². The van der Waals surface area contributed by atoms with Crippen LogP contribution in [0.3, 0.4) is 0 Å². The van der Waals surface area contributed by atoms with Crippen LogP contribution in [0.4, 0.5) is 13.2 Å². The van der Waals surface area contributed by atoms with Crippen molar-refractivity contribution in [1.29, 1.82) is 0 Å². The van der Waals surface area contributed by atoms with Crippen molar-refractivity contribution in [3.05, 3.63) is 28.2 Å². The van der Waals surface area contributed by atoms with Gasteiger partial charge in [0.05, 0.1) is 0 Å². The van der Waals surface area contributed by atoms with E-state index < -0.39 is 18.3 Å². The maximum absolute atomic E-state index is 12.7. The van der Waals surface area contributed by atoms with E-state index in [1.807, 2.05) is 13.8 Å². The normalized spacial score (nSPS) is 12.1. The third kappa shape index (κ3) is 4.64. The highest BCUT2D eigenvalue weighted by atomic mass is 19.4. The molecular formula is C14H18F3N5O. The molecule has 0 unspecified atom stereocenters. The lowest BCUT2D eigenvalue weighted by molar-refractivity contribution is -0.142. The number of aryl methyl sites for hydroxylation is 2. The van der Waals surface area contributed by atoms with Gasteiger partial charge in [0.2, 0.25) is 0 Å². The lowest BCUT2D eigenvalue weighted by Crippen LogP contribution is -2.21. The second-order valence-corrected chi connectivity index (χ2v) is 5.77. The second kappa shape index (κ2) is 6.51. The molecule has 2 heterocycles. The van der Waals surface area contributed by atoms with Gasteiger partial charge in [0, 0.05) is 12.6 Å². The maximum Gasteiger partial charge on any atom is 0.408 e. The van der Waals surface area contributed by atoms with Crippen LogP contribution in [-0.4, -0.2) is 30.9 Å². The number of alkyl halides is 3. The summed E-state index contributed by atoms with van der Waals surface area (Å²) in [6, 6.07) is 0. The average Bonchev–Trinajstić information content (AvgIpc) is 2.77. The van der Waals surface area contributed by atoms with Crippen molar-refractivity contribution in [2.24, 2.45) is 5.92 Å². The van der Waals surface area contributed by atoms with Crippen LogP contribution in [-0.2, 0) is 13.0 Å². The molecule has 0 aromatic carbocycles. The molecule has 0 radical (unpaired) electrons. The molecule has 126 valence electrons. The van der Waals surface area contributed by atoms with E-state index >= 15 is 0 Å². The summed E-state index contributed by atoms with van der Waals surface area (Å²) in [4.78, 5) is 22.5. The first-order valence-electron chi connectivity index (χ1n) is 7.22. The van der Waals surface area contributed by atoms with Crippen LogP contribution in [0.2, 0.25) is 0 Å². The van der Waals surface area contributed by atoms with E-state index in [1.54, 1.807) is 6.92 Å². The van der Waals surface area contributed by atoms with Crippen LogP contribution in [0.25, 0.3) is 11.4 Å². The van der Waals surface area contributed by atoms with Crippen molar-refractivity contribution in [1.82, 2.24) is 24.7 Å². The lowest BCUT2D eigenvalue weighted by atomic mass is 10.1. The Balaban J connectivity index is 2.44. The van der Waals surface area contributed by atoms with Crippen molar-refractivity contribution in [2.45, 2.75) is 46.3 Å². The molecule has 1 N–H and O–H groups in total. The van der Waals surface area contributed by atoms with E-state index in [0.717, 1.165) is 11.1 Å². The van der Waals surface area contributed by atoms with E-state index in [4.69, 9.17) is 0 Å². The Hall–Kier alpha value is -2.19. The van der Waals surface area contributed by atoms with Crippen LogP contribution in [0.1, 0.15) is 31.9 Å². The van der Waals surface area contributed by atoms with Gasteiger partial charge >= 0.3 is 6.18 Å². The first kappa shape index (κ1) is 17.2. The zero-order chi connectivity index (χ0) is 17.2. The van der Waals surface area contributed by atoms with Crippen molar-refractivity contribution >= 4 is 0 Å². The molecular weight excluding hydrogens is 311 g/mol. The van der Waals surface area contributed by atoms with Crippen molar-refractivity contribution in [2.75, 3.05) is 0 Å². The minimum atomic E-state index is -4.46. The van der Waals surface area contributed by atoms with Gasteiger partial charge in [0.15, 0.2) is 11.6 Å². The highest BCUT2D eigenvalue weighted by Gasteiger charge is 2.31. The first-order chi connectivity index (χ1) is 10.7. The maximum atomic E-state index is 12.7. The Labute approximate surface area is 130 Å². The molecule has 2 aromatic rings. The summed E-state index contributed by atoms with van der Waals surface area (Å²) in [6.45, 7) is 4.29. The molecule has 2 aromatic heterocycles. The molecule has 0 aliphatic rings. The SMILES string of the molecule is Cc1ncc(-c2nc(CCC(C)C)nn2CC(F)(F)F)c(=O)[nH]1. The number of hydrogen-bond acceptors (Lipinski definition) is 4. The van der Waals surface area contributed by atoms with Crippen LogP contribution in [0, 0.1) is 12.8 Å². The molecule has 6 nitrogen and oxygen atoms in total. The Morgan fingerprint density at radius 2 is 2.04 bits per heavy atom. The van der Waals surface area contributed by atoms with E-state index in [9.17, 15) is 18.0 Å². The van der Waals surface area contributed by atoms with Crippen LogP contribution < -0.4 is 5.56 Å². The number of aromatic amines is 1. The molecule has 0 amide bonds. The third-order valence-corrected chi connectivity index (χ3v) is 3.16. The fourth-order valence-electron chi connectivity index (χ4n) is 2.04. The molecule has 9 heteroatoms. The fraction of sp³-hybridized carbons (Fsp3) is 0.571. The van der Waals surface area contributed by atoms with Crippen molar-refractivity contribution in [3.8, 4) is 11.4 Å². The number of halogens is 3. The zero-order valence-electron chi connectivity index (χ0n) is 13.1. The minimum Gasteiger partial charge on any atom is -0.310 e. The molecule has 0 bridgehead atoms. The van der Waals surface area contributed by atoms with Crippen LogP contribution in [0.5, 0.6) is 0 Å². The number of nitrogens with one attached hydrogen (secondary N) is 1. The summed E-state index contributed by atoms with van der Waals surface area (Å²) < 4.78 is 38.9. The highest BCUT2D eigenvalue weighted by molar-refractivity contribution is 5.52. The molecule has 0 saturated carbocycles. The van der Waals surface area contributed by atoms with Gasteiger partial charge in [0.25, 0.3) is 5.56 Å². The summed E-state index contributed by atoms with van der Waals surface area (Å²) >= 11 is 0. The molecule has 0 saturated heterocycles. The molecule has 0 aliphatic carbocycles. The number of H-pyrrole nitrogens is 1. The number of nitrogens with zero attached hydrogens (tertiary/aromatic N) is 4. The Kier molecular flexibility index (Phi) is 4.86. The molecule has 0 aliphatic heterocycles. The van der Waals surface area contributed by atoms with Crippen molar-refractivity contribution in [3.63, 3.8) is 0 Å². The topological polar surface area (TPSA) is 76.5 Å². The van der Waals surface area contributed by atoms with Crippen molar-refractivity contribution < 1.29 is 13.2 Å². The summed E-state index contributed by atoms with van der Waals surface area (Å²) in [7, 11) is 0. The molecule has 0 atom stereocenters. The molecule has 0 spiro atoms. The van der Waals surface area contributed by atoms with Gasteiger partial charge in [0.1, 0.15) is 17.9 Å². The average molecular weight is 329 g/mol. The zero-order valence-corrected chi connectivity index (χ0v) is 13.1. The Morgan fingerprint density at radius 3 is 2.61 bits per heavy atom. The van der Waals surface area contributed by atoms with Gasteiger partial charge in [-0.3, -0.25) is 4.79 Å². The molecule has 2 rings (SSSR count). The predicted octanol–water partition coefficient (Wildman–Crippen LogP) is 2.49. The summed E-state index contributed by atoms with van der Waals surface area (Å²) in [6.07, 6.45) is -2.04. The summed E-state index contributed by atoms with van der Waals surface area (Å²) in [5.41, 5.74) is -0.563. The number of aromatic nitrogens is 5. The highest BCUT2D eigenvalue weighted by Crippen LogP contribution is 2.21. The van der Waals surface area contributed by atoms with E-state index in [-0.39, 0.29) is 17.2 Å². The van der Waals surface area contributed by atoms with Crippen LogP contribution >= 0.6 is 0 Å². The van der Waals surface area contributed by atoms with Gasteiger partial charge in [-0.1, -0.05) is 13.8 Å².